The van der Waals surface area contributed by atoms with Crippen molar-refractivity contribution in [1.29, 1.82) is 0 Å². The molecule has 1 aromatic carbocycles. The monoisotopic (exact) mass is 269 g/mol. The van der Waals surface area contributed by atoms with Crippen LogP contribution >= 0.6 is 27.3 Å². The van der Waals surface area contributed by atoms with E-state index >= 15 is 0 Å². The van der Waals surface area contributed by atoms with Crippen LogP contribution in [0, 0.1) is 0 Å². The van der Waals surface area contributed by atoms with Crippen LogP contribution in [0.25, 0.3) is 10.1 Å². The highest BCUT2D eigenvalue weighted by molar-refractivity contribution is 9.08. The molecule has 0 spiro atoms. The maximum Gasteiger partial charge on any atom is 0.152 e. The van der Waals surface area contributed by atoms with Gasteiger partial charge in [-0.2, -0.15) is 0 Å². The fourth-order valence-corrected chi connectivity index (χ4v) is 2.84. The van der Waals surface area contributed by atoms with Crippen molar-refractivity contribution in [2.45, 2.75) is 5.33 Å². The summed E-state index contributed by atoms with van der Waals surface area (Å²) in [4.78, 5) is 11.9. The largest absolute Gasteiger partial charge is 0.397 e. The molecule has 2 aromatic rings. The second-order valence-corrected chi connectivity index (χ2v) is 4.65. The number of thiophene rings is 1. The van der Waals surface area contributed by atoms with Crippen molar-refractivity contribution < 1.29 is 4.79 Å². The smallest absolute Gasteiger partial charge is 0.152 e. The van der Waals surface area contributed by atoms with Crippen molar-refractivity contribution in [1.82, 2.24) is 0 Å². The first-order chi connectivity index (χ1) is 6.76. The van der Waals surface area contributed by atoms with Crippen LogP contribution in [0.15, 0.2) is 18.2 Å². The molecular weight excluding hydrogens is 262 g/mol. The van der Waals surface area contributed by atoms with Crippen molar-refractivity contribution in [3.63, 3.8) is 0 Å². The van der Waals surface area contributed by atoms with Crippen LogP contribution in [0.2, 0.25) is 0 Å². The van der Waals surface area contributed by atoms with Gasteiger partial charge in [-0.1, -0.05) is 22.0 Å². The number of nitrogen functional groups attached to an aromatic ring is 1. The van der Waals surface area contributed by atoms with E-state index in [0.717, 1.165) is 21.7 Å². The zero-order valence-electron chi connectivity index (χ0n) is 7.29. The standard InChI is InChI=1S/C10H8BrNOS/c11-4-8-3-6-1-2-7(5-13)9(12)10(6)14-8/h1-3,5H,4,12H2. The molecule has 0 aliphatic carbocycles. The van der Waals surface area contributed by atoms with Crippen LogP contribution in [0.4, 0.5) is 5.69 Å². The molecule has 0 saturated heterocycles. The third-order valence-electron chi connectivity index (χ3n) is 2.07. The summed E-state index contributed by atoms with van der Waals surface area (Å²) < 4.78 is 1.00. The van der Waals surface area contributed by atoms with Crippen molar-refractivity contribution in [3.8, 4) is 0 Å². The molecule has 0 aliphatic rings. The van der Waals surface area contributed by atoms with Crippen LogP contribution in [-0.2, 0) is 5.33 Å². The number of alkyl halides is 1. The Morgan fingerprint density at radius 1 is 1.50 bits per heavy atom. The molecule has 1 aromatic heterocycles. The van der Waals surface area contributed by atoms with Gasteiger partial charge in [0.2, 0.25) is 0 Å². The number of nitrogens with two attached hydrogens (primary N) is 1. The van der Waals surface area contributed by atoms with Gasteiger partial charge in [0.05, 0.1) is 10.4 Å². The third-order valence-corrected chi connectivity index (χ3v) is 4.23. The normalized spacial score (nSPS) is 10.6. The number of aldehydes is 1. The van der Waals surface area contributed by atoms with Crippen LogP contribution < -0.4 is 5.73 Å². The first-order valence-electron chi connectivity index (χ1n) is 4.08. The van der Waals surface area contributed by atoms with Gasteiger partial charge in [0.25, 0.3) is 0 Å². The predicted molar refractivity (Wildman–Crippen MR) is 64.3 cm³/mol. The molecule has 0 amide bonds. The number of rotatable bonds is 2. The van der Waals surface area contributed by atoms with Crippen LogP contribution in [0.3, 0.4) is 0 Å². The van der Waals surface area contributed by atoms with E-state index in [2.05, 4.69) is 22.0 Å². The number of benzene rings is 1. The van der Waals surface area contributed by atoms with Gasteiger partial charge in [-0.25, -0.2) is 0 Å². The van der Waals surface area contributed by atoms with Gasteiger partial charge in [0, 0.05) is 15.8 Å². The highest BCUT2D eigenvalue weighted by Crippen LogP contribution is 2.33. The molecule has 0 radical (unpaired) electrons. The van der Waals surface area contributed by atoms with Gasteiger partial charge in [-0.15, -0.1) is 11.3 Å². The van der Waals surface area contributed by atoms with E-state index in [1.807, 2.05) is 6.07 Å². The average molecular weight is 270 g/mol. The highest BCUT2D eigenvalue weighted by Gasteiger charge is 2.07. The molecule has 1 heterocycles. The lowest BCUT2D eigenvalue weighted by Crippen LogP contribution is -1.91. The van der Waals surface area contributed by atoms with E-state index in [0.29, 0.717) is 11.3 Å². The van der Waals surface area contributed by atoms with Gasteiger partial charge in [-0.3, -0.25) is 4.79 Å². The van der Waals surface area contributed by atoms with Crippen LogP contribution in [-0.4, -0.2) is 6.29 Å². The molecule has 0 saturated carbocycles. The molecule has 0 bridgehead atoms. The Morgan fingerprint density at radius 3 is 2.93 bits per heavy atom. The summed E-state index contributed by atoms with van der Waals surface area (Å²) in [5.74, 6) is 0. The minimum Gasteiger partial charge on any atom is -0.397 e. The Kier molecular flexibility index (Phi) is 2.56. The average Bonchev–Trinajstić information content (AvgIpc) is 2.62. The SMILES string of the molecule is Nc1c(C=O)ccc2cc(CBr)sc12. The molecule has 0 fully saturated rings. The summed E-state index contributed by atoms with van der Waals surface area (Å²) in [6.07, 6.45) is 0.794. The Balaban J connectivity index is 2.74. The van der Waals surface area contributed by atoms with Crippen molar-refractivity contribution in [2.24, 2.45) is 0 Å². The molecule has 2 nitrogen and oxygen atoms in total. The van der Waals surface area contributed by atoms with E-state index in [-0.39, 0.29) is 0 Å². The Morgan fingerprint density at radius 2 is 2.29 bits per heavy atom. The maximum atomic E-state index is 10.7. The second-order valence-electron chi connectivity index (χ2n) is 2.95. The van der Waals surface area contributed by atoms with Crippen molar-refractivity contribution >= 4 is 49.3 Å². The van der Waals surface area contributed by atoms with Gasteiger partial charge in [0.1, 0.15) is 0 Å². The molecule has 2 rings (SSSR count). The quantitative estimate of drug-likeness (QED) is 0.517. The summed E-state index contributed by atoms with van der Waals surface area (Å²) in [5, 5.41) is 1.93. The number of anilines is 1. The highest BCUT2D eigenvalue weighted by atomic mass is 79.9. The number of carbonyl (C=O) groups is 1. The Labute approximate surface area is 93.9 Å². The van der Waals surface area contributed by atoms with Crippen molar-refractivity contribution in [2.75, 3.05) is 5.73 Å². The van der Waals surface area contributed by atoms with E-state index in [9.17, 15) is 4.79 Å². The molecule has 4 heteroatoms. The first kappa shape index (κ1) is 9.68. The lowest BCUT2D eigenvalue weighted by atomic mass is 10.1. The number of halogens is 1. The topological polar surface area (TPSA) is 43.1 Å². The van der Waals surface area contributed by atoms with Gasteiger partial charge < -0.3 is 5.73 Å². The number of hydrogen-bond donors (Lipinski definition) is 1. The number of carbonyl (C=O) groups excluding carboxylic acids is 1. The van der Waals surface area contributed by atoms with Gasteiger partial charge >= 0.3 is 0 Å². The minimum absolute atomic E-state index is 0.570. The van der Waals surface area contributed by atoms with E-state index < -0.39 is 0 Å². The fourth-order valence-electron chi connectivity index (χ4n) is 1.36. The third kappa shape index (κ3) is 1.44. The summed E-state index contributed by atoms with van der Waals surface area (Å²) in [5.41, 5.74) is 7.02. The number of fused-ring (bicyclic) bond motifs is 1. The second kappa shape index (κ2) is 3.71. The zero-order chi connectivity index (χ0) is 10.1. The first-order valence-corrected chi connectivity index (χ1v) is 6.02. The molecular formula is C10H8BrNOS. The lowest BCUT2D eigenvalue weighted by Gasteiger charge is -1.98. The minimum atomic E-state index is 0.570. The van der Waals surface area contributed by atoms with Gasteiger partial charge in [-0.05, 0) is 17.5 Å². The number of hydrogen-bond acceptors (Lipinski definition) is 3. The fraction of sp³-hybridized carbons (Fsp3) is 0.100. The molecule has 72 valence electrons. The van der Waals surface area contributed by atoms with Crippen LogP contribution in [0.5, 0.6) is 0 Å². The van der Waals surface area contributed by atoms with Gasteiger partial charge in [0.15, 0.2) is 6.29 Å². The van der Waals surface area contributed by atoms with Crippen LogP contribution in [0.1, 0.15) is 15.2 Å². The molecule has 2 N–H and O–H groups in total. The van der Waals surface area contributed by atoms with E-state index in [1.54, 1.807) is 17.4 Å². The summed E-state index contributed by atoms with van der Waals surface area (Å²) >= 11 is 5.02. The summed E-state index contributed by atoms with van der Waals surface area (Å²) in [7, 11) is 0. The Hall–Kier alpha value is -0.870. The van der Waals surface area contributed by atoms with E-state index in [4.69, 9.17) is 5.73 Å². The molecule has 0 unspecified atom stereocenters. The predicted octanol–water partition coefficient (Wildman–Crippen LogP) is 3.19. The summed E-state index contributed by atoms with van der Waals surface area (Å²) in [6, 6.07) is 5.77. The molecule has 0 atom stereocenters. The summed E-state index contributed by atoms with van der Waals surface area (Å²) in [6.45, 7) is 0. The molecule has 14 heavy (non-hydrogen) atoms. The Bertz CT molecular complexity index is 492. The van der Waals surface area contributed by atoms with Crippen molar-refractivity contribution in [3.05, 3.63) is 28.6 Å². The van der Waals surface area contributed by atoms with E-state index in [1.165, 1.54) is 4.88 Å². The molecule has 0 aliphatic heterocycles. The maximum absolute atomic E-state index is 10.7. The zero-order valence-corrected chi connectivity index (χ0v) is 9.69. The lowest BCUT2D eigenvalue weighted by molar-refractivity contribution is 0.112.